The van der Waals surface area contributed by atoms with E-state index >= 15 is 0 Å². The van der Waals surface area contributed by atoms with E-state index in [-0.39, 0.29) is 17.7 Å². The van der Waals surface area contributed by atoms with E-state index in [4.69, 9.17) is 5.73 Å². The first-order chi connectivity index (χ1) is 21.9. The van der Waals surface area contributed by atoms with Crippen LogP contribution in [0.1, 0.15) is 27.0 Å². The summed E-state index contributed by atoms with van der Waals surface area (Å²) >= 11 is 0. The number of anilines is 1. The van der Waals surface area contributed by atoms with Crippen LogP contribution in [0.2, 0.25) is 0 Å². The number of carbonyl (C=O) groups is 5. The number of benzene rings is 3. The van der Waals surface area contributed by atoms with Gasteiger partial charge in [-0.15, -0.1) is 0 Å². The quantitative estimate of drug-likeness (QED) is 0.277. The number of Topliss-reactive ketones (excluding diaryl/α,β-unsaturated/α-hetero) is 4. The summed E-state index contributed by atoms with van der Waals surface area (Å²) in [6.07, 6.45) is -1.70. The molecule has 0 radical (unpaired) electrons. The first kappa shape index (κ1) is 31.3. The van der Waals surface area contributed by atoms with Gasteiger partial charge >= 0.3 is 0 Å². The maximum atomic E-state index is 14.2. The van der Waals surface area contributed by atoms with Crippen molar-refractivity contribution in [3.63, 3.8) is 0 Å². The summed E-state index contributed by atoms with van der Waals surface area (Å²) in [7, 11) is 2.91. The summed E-state index contributed by atoms with van der Waals surface area (Å²) in [5, 5.41) is 35.2. The van der Waals surface area contributed by atoms with Crippen molar-refractivity contribution in [2.75, 3.05) is 19.0 Å². The third-order valence-corrected chi connectivity index (χ3v) is 9.77. The zero-order valence-electron chi connectivity index (χ0n) is 25.4. The molecule has 5 N–H and O–H groups in total. The van der Waals surface area contributed by atoms with E-state index < -0.39 is 70.5 Å². The van der Waals surface area contributed by atoms with Crippen molar-refractivity contribution in [3.8, 4) is 5.75 Å². The number of nitrogens with zero attached hydrogens (tertiary/aromatic N) is 2. The predicted molar refractivity (Wildman–Crippen MR) is 166 cm³/mol. The Kier molecular flexibility index (Phi) is 7.87. The Morgan fingerprint density at radius 3 is 1.98 bits per heavy atom. The van der Waals surface area contributed by atoms with Gasteiger partial charge in [-0.1, -0.05) is 66.7 Å². The monoisotopic (exact) mass is 625 g/mol. The topological polar surface area (TPSA) is 179 Å². The standard InChI is InChI=1S/C35H35N3O8/c1-37(2)27-26-28(39)21-15-20-13-14-22(38(16-18-9-5-3-6-10-18)17-19-11-7-4-8-12-19)29(40)23(20)30(41)24(21)32(43)35(26,46)33(44)25(31(27)42)34(36)45/h3-14,21,24-28,39-40,46H,15-17H2,1-2H3,(H2,36,45)/t21-,24?,25?,26-,27+,28+,35+/m1/s1. The molecule has 11 heteroatoms. The average molecular weight is 626 g/mol. The van der Waals surface area contributed by atoms with Gasteiger partial charge in [-0.2, -0.15) is 0 Å². The van der Waals surface area contributed by atoms with E-state index in [9.17, 15) is 39.3 Å². The second kappa shape index (κ2) is 11.6. The molecule has 46 heavy (non-hydrogen) atoms. The first-order valence-corrected chi connectivity index (χ1v) is 15.1. The van der Waals surface area contributed by atoms with Crippen LogP contribution in [0.5, 0.6) is 5.75 Å². The van der Waals surface area contributed by atoms with E-state index in [1.807, 2.05) is 65.6 Å². The van der Waals surface area contributed by atoms with Crippen LogP contribution in [0, 0.1) is 23.7 Å². The number of hydrogen-bond acceptors (Lipinski definition) is 10. The number of ketones is 4. The number of hydrogen-bond donors (Lipinski definition) is 4. The highest BCUT2D eigenvalue weighted by molar-refractivity contribution is 6.32. The molecule has 3 aliphatic carbocycles. The number of nitrogens with two attached hydrogens (primary N) is 1. The number of primary amides is 1. The van der Waals surface area contributed by atoms with Gasteiger partial charge in [0.1, 0.15) is 5.75 Å². The van der Waals surface area contributed by atoms with Gasteiger partial charge in [0.2, 0.25) is 5.91 Å². The number of carbonyl (C=O) groups excluding carboxylic acids is 5. The van der Waals surface area contributed by atoms with Gasteiger partial charge < -0.3 is 26.0 Å². The number of aliphatic hydroxyl groups is 2. The van der Waals surface area contributed by atoms with Crippen molar-refractivity contribution < 1.29 is 39.3 Å². The lowest BCUT2D eigenvalue weighted by Gasteiger charge is -2.54. The van der Waals surface area contributed by atoms with E-state index in [0.717, 1.165) is 11.1 Å². The molecule has 2 saturated carbocycles. The van der Waals surface area contributed by atoms with Crippen LogP contribution in [0.4, 0.5) is 5.69 Å². The third-order valence-electron chi connectivity index (χ3n) is 9.77. The molecule has 2 unspecified atom stereocenters. The highest BCUT2D eigenvalue weighted by Crippen LogP contribution is 2.51. The molecule has 3 aromatic rings. The molecule has 6 rings (SSSR count). The smallest absolute Gasteiger partial charge is 0.235 e. The van der Waals surface area contributed by atoms with E-state index in [1.165, 1.54) is 19.0 Å². The minimum atomic E-state index is -3.03. The molecule has 11 nitrogen and oxygen atoms in total. The Morgan fingerprint density at radius 2 is 1.46 bits per heavy atom. The lowest BCUT2D eigenvalue weighted by Crippen LogP contribution is -2.77. The molecule has 2 fully saturated rings. The van der Waals surface area contributed by atoms with Gasteiger partial charge in [0.05, 0.1) is 35.2 Å². The summed E-state index contributed by atoms with van der Waals surface area (Å²) in [6.45, 7) is 0.759. The zero-order chi connectivity index (χ0) is 33.1. The summed E-state index contributed by atoms with van der Waals surface area (Å²) in [6, 6.07) is 21.1. The minimum absolute atomic E-state index is 0.0434. The van der Waals surface area contributed by atoms with E-state index in [2.05, 4.69) is 0 Å². The van der Waals surface area contributed by atoms with Crippen molar-refractivity contribution >= 4 is 34.7 Å². The van der Waals surface area contributed by atoms with Crippen molar-refractivity contribution in [1.29, 1.82) is 0 Å². The lowest BCUT2D eigenvalue weighted by atomic mass is 9.51. The van der Waals surface area contributed by atoms with Gasteiger partial charge in [0.25, 0.3) is 0 Å². The highest BCUT2D eigenvalue weighted by Gasteiger charge is 2.72. The second-order valence-corrected chi connectivity index (χ2v) is 12.7. The number of aromatic hydroxyl groups is 1. The number of phenols is 1. The Balaban J connectivity index is 1.44. The molecular formula is C35H35N3O8. The Bertz CT molecular complexity index is 1700. The Hall–Kier alpha value is -4.71. The zero-order valence-corrected chi connectivity index (χ0v) is 25.4. The number of amides is 1. The minimum Gasteiger partial charge on any atom is -0.505 e. The van der Waals surface area contributed by atoms with Crippen LogP contribution in [0.15, 0.2) is 72.8 Å². The van der Waals surface area contributed by atoms with Gasteiger partial charge in [-0.25, -0.2) is 0 Å². The molecule has 0 aliphatic heterocycles. The van der Waals surface area contributed by atoms with Crippen LogP contribution in [0.25, 0.3) is 0 Å². The third kappa shape index (κ3) is 4.74. The lowest BCUT2D eigenvalue weighted by molar-refractivity contribution is -0.195. The first-order valence-electron chi connectivity index (χ1n) is 15.1. The van der Waals surface area contributed by atoms with Crippen molar-refractivity contribution in [2.24, 2.45) is 29.4 Å². The maximum Gasteiger partial charge on any atom is 0.235 e. The molecule has 0 aromatic heterocycles. The maximum absolute atomic E-state index is 14.2. The molecule has 0 spiro atoms. The average Bonchev–Trinajstić information content (AvgIpc) is 3.01. The molecular weight excluding hydrogens is 590 g/mol. The molecule has 0 bridgehead atoms. The number of fused-ring (bicyclic) bond motifs is 3. The van der Waals surface area contributed by atoms with Gasteiger partial charge in [0, 0.05) is 19.0 Å². The number of likely N-dealkylation sites (N-methyl/N-ethyl adjacent to an activating group) is 1. The molecule has 0 heterocycles. The predicted octanol–water partition coefficient (Wildman–Crippen LogP) is 1.04. The summed E-state index contributed by atoms with van der Waals surface area (Å²) in [5.41, 5.74) is 4.83. The molecule has 3 aliphatic rings. The van der Waals surface area contributed by atoms with Crippen LogP contribution in [-0.4, -0.2) is 81.1 Å². The second-order valence-electron chi connectivity index (χ2n) is 12.7. The molecule has 238 valence electrons. The van der Waals surface area contributed by atoms with Crippen molar-refractivity contribution in [1.82, 2.24) is 4.90 Å². The van der Waals surface area contributed by atoms with Gasteiger partial charge in [-0.3, -0.25) is 28.9 Å². The number of phenolic OH excluding ortho intramolecular Hbond substituents is 1. The Labute approximate surface area is 265 Å². The fourth-order valence-electron chi connectivity index (χ4n) is 7.67. The van der Waals surface area contributed by atoms with Gasteiger partial charge in [0.15, 0.2) is 34.7 Å². The SMILES string of the molecule is CN(C)[C@@H]1C(=O)C(C(N)=O)C(=O)[C@@]2(O)C(=O)C3C(=O)c4c(ccc(N(Cc5ccccc5)Cc5ccccc5)c4O)C[C@H]3[C@H](O)[C@@H]12. The van der Waals surface area contributed by atoms with Crippen LogP contribution >= 0.6 is 0 Å². The fraction of sp³-hybridized carbons (Fsp3) is 0.343. The van der Waals surface area contributed by atoms with Gasteiger partial charge in [-0.05, 0) is 43.3 Å². The Morgan fingerprint density at radius 1 is 0.891 bits per heavy atom. The number of rotatable bonds is 7. The normalized spacial score (nSPS) is 28.8. The molecule has 3 aromatic carbocycles. The molecule has 0 saturated heterocycles. The molecule has 1 amide bonds. The summed E-state index contributed by atoms with van der Waals surface area (Å²) in [5.74, 6) is -12.7. The number of aliphatic hydroxyl groups excluding tert-OH is 1. The summed E-state index contributed by atoms with van der Waals surface area (Å²) in [4.78, 5) is 70.7. The highest BCUT2D eigenvalue weighted by atomic mass is 16.3. The van der Waals surface area contributed by atoms with Crippen LogP contribution in [-0.2, 0) is 38.7 Å². The van der Waals surface area contributed by atoms with Crippen LogP contribution in [0.3, 0.4) is 0 Å². The van der Waals surface area contributed by atoms with Crippen LogP contribution < -0.4 is 10.6 Å². The summed E-state index contributed by atoms with van der Waals surface area (Å²) < 4.78 is 0. The van der Waals surface area contributed by atoms with Crippen molar-refractivity contribution in [2.45, 2.75) is 37.3 Å². The van der Waals surface area contributed by atoms with E-state index in [0.29, 0.717) is 24.3 Å². The fourth-order valence-corrected chi connectivity index (χ4v) is 7.67. The van der Waals surface area contributed by atoms with E-state index in [1.54, 1.807) is 12.1 Å². The molecule has 7 atom stereocenters. The van der Waals surface area contributed by atoms with Crippen molar-refractivity contribution in [3.05, 3.63) is 95.1 Å². The largest absolute Gasteiger partial charge is 0.505 e.